The Hall–Kier alpha value is -8.17. The number of rotatable bonds is 8. The average molecular weight is 858 g/mol. The van der Waals surface area contributed by atoms with Crippen LogP contribution in [0.5, 0.6) is 0 Å². The Morgan fingerprint density at radius 3 is 1.61 bits per heavy atom. The molecule has 1 aliphatic carbocycles. The van der Waals surface area contributed by atoms with Crippen molar-refractivity contribution in [1.29, 1.82) is 0 Å². The minimum atomic E-state index is 0.858. The van der Waals surface area contributed by atoms with E-state index in [0.29, 0.717) is 0 Å². The first-order valence-corrected chi connectivity index (χ1v) is 23.5. The Morgan fingerprint density at radius 1 is 0.348 bits per heavy atom. The minimum absolute atomic E-state index is 0.858. The van der Waals surface area contributed by atoms with E-state index in [1.54, 1.807) is 11.3 Å². The van der Waals surface area contributed by atoms with Gasteiger partial charge >= 0.3 is 0 Å². The molecule has 10 aromatic carbocycles. The maximum absolute atomic E-state index is 5.36. The third-order valence-corrected chi connectivity index (χ3v) is 14.1. The molecule has 0 N–H and O–H groups in total. The van der Waals surface area contributed by atoms with Gasteiger partial charge in [0.2, 0.25) is 0 Å². The largest absolute Gasteiger partial charge is 0.235 e. The van der Waals surface area contributed by atoms with Gasteiger partial charge in [-0.25, -0.2) is 4.98 Å². The van der Waals surface area contributed by atoms with E-state index in [0.717, 1.165) is 22.5 Å². The molecule has 2 heteroatoms. The van der Waals surface area contributed by atoms with Crippen LogP contribution in [0.4, 0.5) is 0 Å². The van der Waals surface area contributed by atoms with Crippen LogP contribution in [0, 0.1) is 0 Å². The lowest BCUT2D eigenvalue weighted by atomic mass is 9.88. The summed E-state index contributed by atoms with van der Waals surface area (Å²) in [5.74, 6) is 0. The van der Waals surface area contributed by atoms with Crippen molar-refractivity contribution in [3.63, 3.8) is 0 Å². The van der Waals surface area contributed by atoms with E-state index in [9.17, 15) is 0 Å². The predicted molar refractivity (Wildman–Crippen MR) is 283 cm³/mol. The van der Waals surface area contributed by atoms with Crippen LogP contribution in [0.15, 0.2) is 249 Å². The first-order chi connectivity index (χ1) is 32.7. The third kappa shape index (κ3) is 7.38. The van der Waals surface area contributed by atoms with E-state index in [1.807, 2.05) is 0 Å². The summed E-state index contributed by atoms with van der Waals surface area (Å²) in [7, 11) is 0. The van der Waals surface area contributed by atoms with Gasteiger partial charge < -0.3 is 0 Å². The van der Waals surface area contributed by atoms with Crippen molar-refractivity contribution in [3.05, 3.63) is 265 Å². The van der Waals surface area contributed by atoms with Crippen molar-refractivity contribution >= 4 is 59.8 Å². The molecule has 1 aliphatic rings. The second-order valence-electron chi connectivity index (χ2n) is 17.0. The molecule has 0 atom stereocenters. The van der Waals surface area contributed by atoms with Gasteiger partial charge in [0.25, 0.3) is 0 Å². The highest BCUT2D eigenvalue weighted by Crippen LogP contribution is 2.44. The third-order valence-electron chi connectivity index (χ3n) is 13.0. The molecule has 0 bridgehead atoms. The van der Waals surface area contributed by atoms with E-state index in [4.69, 9.17) is 4.98 Å². The van der Waals surface area contributed by atoms with Gasteiger partial charge in [-0.3, -0.25) is 0 Å². The Kier molecular flexibility index (Phi) is 10.2. The summed E-state index contributed by atoms with van der Waals surface area (Å²) >= 11 is 1.77. The molecule has 66 heavy (non-hydrogen) atoms. The molecule has 0 aliphatic heterocycles. The second kappa shape index (κ2) is 17.1. The summed E-state index contributed by atoms with van der Waals surface area (Å²) < 4.78 is 1.19. The molecule has 1 aromatic heterocycles. The topological polar surface area (TPSA) is 12.9 Å². The molecule has 0 amide bonds. The first kappa shape index (κ1) is 39.4. The highest BCUT2D eigenvalue weighted by atomic mass is 32.1. The van der Waals surface area contributed by atoms with Crippen LogP contribution in [-0.4, -0.2) is 4.98 Å². The number of allylic oxidation sites excluding steroid dienone is 6. The standard InChI is InChI=1S/C64H43NS/c1-4-16-43(17-5-1)51-36-37-52(41-53(40-51)44-18-6-2-7-19-44)45-28-30-49(31-29-45)56-39-38-47-22-10-11-24-55(47)62(56)50-34-32-48(33-35-50)54-23-12-15-27-59(54)64-65-63-58-26-14-13-25-57(58)60(42-61(63)66-64)46-20-8-3-9-21-46/h1-35,37-42H,36H2. The lowest BCUT2D eigenvalue weighted by Crippen LogP contribution is -1.90. The number of nitrogens with zero attached hydrogens (tertiary/aromatic N) is 1. The van der Waals surface area contributed by atoms with Gasteiger partial charge in [0, 0.05) is 10.9 Å². The lowest BCUT2D eigenvalue weighted by Gasteiger charge is -2.16. The van der Waals surface area contributed by atoms with Crippen molar-refractivity contribution < 1.29 is 0 Å². The van der Waals surface area contributed by atoms with E-state index >= 15 is 0 Å². The first-order valence-electron chi connectivity index (χ1n) is 22.7. The number of thiazole rings is 1. The SMILES string of the molecule is C1=C(c2ccccc2)C=C(c2ccccc2)CC=C1c1ccc(-c2ccc3ccccc3c2-c2ccc(-c3ccccc3-c3nc4c(cc(-c5ccccc5)c5ccccc54)s3)cc2)cc1. The van der Waals surface area contributed by atoms with E-state index < -0.39 is 0 Å². The normalized spacial score (nSPS) is 12.8. The van der Waals surface area contributed by atoms with Gasteiger partial charge in [0.15, 0.2) is 0 Å². The van der Waals surface area contributed by atoms with Crippen LogP contribution >= 0.6 is 11.3 Å². The number of hydrogen-bond acceptors (Lipinski definition) is 2. The zero-order valence-electron chi connectivity index (χ0n) is 36.2. The maximum atomic E-state index is 5.36. The summed E-state index contributed by atoms with van der Waals surface area (Å²) in [4.78, 5) is 5.36. The smallest absolute Gasteiger partial charge is 0.125 e. The molecule has 1 nitrogen and oxygen atoms in total. The van der Waals surface area contributed by atoms with Crippen molar-refractivity contribution in [2.45, 2.75) is 6.42 Å². The highest BCUT2D eigenvalue weighted by Gasteiger charge is 2.18. The molecular formula is C64H43NS. The van der Waals surface area contributed by atoms with E-state index in [-0.39, 0.29) is 0 Å². The van der Waals surface area contributed by atoms with Gasteiger partial charge in [-0.15, -0.1) is 11.3 Å². The van der Waals surface area contributed by atoms with Crippen LogP contribution in [0.3, 0.4) is 0 Å². The molecule has 0 radical (unpaired) electrons. The Morgan fingerprint density at radius 2 is 0.879 bits per heavy atom. The Labute approximate surface area is 389 Å². The van der Waals surface area contributed by atoms with Crippen LogP contribution < -0.4 is 0 Å². The van der Waals surface area contributed by atoms with Crippen molar-refractivity contribution in [2.24, 2.45) is 0 Å². The number of fused-ring (bicyclic) bond motifs is 4. The quantitative estimate of drug-likeness (QED) is 0.148. The maximum Gasteiger partial charge on any atom is 0.125 e. The second-order valence-corrected chi connectivity index (χ2v) is 18.0. The molecule has 11 aromatic rings. The monoisotopic (exact) mass is 857 g/mol. The molecule has 12 rings (SSSR count). The van der Waals surface area contributed by atoms with Gasteiger partial charge in [-0.05, 0) is 113 Å². The zero-order chi connectivity index (χ0) is 43.8. The van der Waals surface area contributed by atoms with Crippen LogP contribution in [0.2, 0.25) is 0 Å². The fourth-order valence-corrected chi connectivity index (χ4v) is 10.8. The molecule has 0 spiro atoms. The van der Waals surface area contributed by atoms with Gasteiger partial charge in [0.05, 0.1) is 10.2 Å². The van der Waals surface area contributed by atoms with Gasteiger partial charge in [0.1, 0.15) is 5.01 Å². The van der Waals surface area contributed by atoms with Crippen molar-refractivity contribution in [1.82, 2.24) is 4.98 Å². The summed E-state index contributed by atoms with van der Waals surface area (Å²) in [6.45, 7) is 0. The molecular weight excluding hydrogens is 815 g/mol. The predicted octanol–water partition coefficient (Wildman–Crippen LogP) is 17.9. The Balaban J connectivity index is 0.900. The van der Waals surface area contributed by atoms with Gasteiger partial charge in [-0.1, -0.05) is 237 Å². The van der Waals surface area contributed by atoms with Crippen molar-refractivity contribution in [2.75, 3.05) is 0 Å². The number of benzene rings is 10. The Bertz CT molecular complexity index is 3670. The van der Waals surface area contributed by atoms with Crippen LogP contribution in [0.1, 0.15) is 23.1 Å². The molecule has 0 saturated heterocycles. The molecule has 1 heterocycles. The summed E-state index contributed by atoms with van der Waals surface area (Å²) in [6.07, 6.45) is 7.95. The number of aromatic nitrogens is 1. The minimum Gasteiger partial charge on any atom is -0.235 e. The van der Waals surface area contributed by atoms with E-state index in [2.05, 4.69) is 249 Å². The zero-order valence-corrected chi connectivity index (χ0v) is 37.1. The fourth-order valence-electron chi connectivity index (χ4n) is 9.72. The molecule has 310 valence electrons. The van der Waals surface area contributed by atoms with Gasteiger partial charge in [-0.2, -0.15) is 0 Å². The molecule has 0 unspecified atom stereocenters. The highest BCUT2D eigenvalue weighted by molar-refractivity contribution is 7.21. The molecule has 0 fully saturated rings. The van der Waals surface area contributed by atoms with E-state index in [1.165, 1.54) is 104 Å². The number of hydrogen-bond donors (Lipinski definition) is 0. The summed E-state index contributed by atoms with van der Waals surface area (Å²) in [5.41, 5.74) is 19.3. The van der Waals surface area contributed by atoms with Crippen molar-refractivity contribution in [3.8, 4) is 55.1 Å². The fraction of sp³-hybridized carbons (Fsp3) is 0.0156. The summed E-state index contributed by atoms with van der Waals surface area (Å²) in [6, 6.07) is 83.5. The van der Waals surface area contributed by atoms with Crippen LogP contribution in [-0.2, 0) is 0 Å². The van der Waals surface area contributed by atoms with Crippen LogP contribution in [0.25, 0.3) is 104 Å². The summed E-state index contributed by atoms with van der Waals surface area (Å²) in [5, 5.41) is 5.90. The average Bonchev–Trinajstić information content (AvgIpc) is 3.71. The lowest BCUT2D eigenvalue weighted by molar-refractivity contribution is 1.40. The molecule has 0 saturated carbocycles.